The van der Waals surface area contributed by atoms with Crippen molar-refractivity contribution in [3.63, 3.8) is 0 Å². The van der Waals surface area contributed by atoms with E-state index in [1.165, 1.54) is 12.3 Å². The SMILES string of the molecule is Cc1ccc(NC(=O)/C(=C\c2ccco2)NC(=O)c2ccccc2Br)cc1. The number of aryl methyl sites for hydroxylation is 1. The number of hydrogen-bond acceptors (Lipinski definition) is 3. The third kappa shape index (κ3) is 4.95. The van der Waals surface area contributed by atoms with Crippen molar-refractivity contribution in [2.24, 2.45) is 0 Å². The van der Waals surface area contributed by atoms with Crippen LogP contribution in [0.2, 0.25) is 0 Å². The van der Waals surface area contributed by atoms with Crippen molar-refractivity contribution in [3.05, 3.63) is 94.0 Å². The predicted octanol–water partition coefficient (Wildman–Crippen LogP) is 4.76. The molecule has 0 bridgehead atoms. The fourth-order valence-electron chi connectivity index (χ4n) is 2.34. The van der Waals surface area contributed by atoms with Crippen molar-refractivity contribution in [2.75, 3.05) is 5.32 Å². The van der Waals surface area contributed by atoms with Crippen molar-refractivity contribution >= 4 is 39.5 Å². The lowest BCUT2D eigenvalue weighted by molar-refractivity contribution is -0.113. The molecule has 0 fully saturated rings. The molecule has 136 valence electrons. The van der Waals surface area contributed by atoms with Crippen molar-refractivity contribution in [2.45, 2.75) is 6.92 Å². The maximum atomic E-state index is 12.7. The average molecular weight is 425 g/mol. The zero-order valence-corrected chi connectivity index (χ0v) is 16.1. The van der Waals surface area contributed by atoms with E-state index in [0.717, 1.165) is 5.56 Å². The summed E-state index contributed by atoms with van der Waals surface area (Å²) in [5.41, 5.74) is 2.21. The second kappa shape index (κ2) is 8.51. The van der Waals surface area contributed by atoms with Crippen LogP contribution in [0.5, 0.6) is 0 Å². The van der Waals surface area contributed by atoms with E-state index in [1.807, 2.05) is 25.1 Å². The monoisotopic (exact) mass is 424 g/mol. The third-order valence-corrected chi connectivity index (χ3v) is 4.44. The largest absolute Gasteiger partial charge is 0.465 e. The number of amides is 2. The van der Waals surface area contributed by atoms with Gasteiger partial charge in [-0.2, -0.15) is 0 Å². The number of hydrogen-bond donors (Lipinski definition) is 2. The van der Waals surface area contributed by atoms with Gasteiger partial charge in [0.2, 0.25) is 0 Å². The number of anilines is 1. The number of carbonyl (C=O) groups excluding carboxylic acids is 2. The van der Waals surface area contributed by atoms with E-state index >= 15 is 0 Å². The van der Waals surface area contributed by atoms with Crippen LogP contribution in [0.4, 0.5) is 5.69 Å². The Bertz CT molecular complexity index is 977. The van der Waals surface area contributed by atoms with Gasteiger partial charge in [-0.3, -0.25) is 9.59 Å². The molecule has 1 aromatic heterocycles. The van der Waals surface area contributed by atoms with Gasteiger partial charge in [0.25, 0.3) is 11.8 Å². The molecule has 0 aliphatic rings. The molecule has 3 rings (SSSR count). The predicted molar refractivity (Wildman–Crippen MR) is 108 cm³/mol. The quantitative estimate of drug-likeness (QED) is 0.579. The molecule has 0 spiro atoms. The average Bonchev–Trinajstić information content (AvgIpc) is 3.16. The Hall–Kier alpha value is -3.12. The molecule has 2 amide bonds. The Morgan fingerprint density at radius 1 is 1.00 bits per heavy atom. The van der Waals surface area contributed by atoms with Crippen molar-refractivity contribution in [1.82, 2.24) is 5.32 Å². The first kappa shape index (κ1) is 18.7. The minimum absolute atomic E-state index is 0.0753. The summed E-state index contributed by atoms with van der Waals surface area (Å²) in [7, 11) is 0. The first-order valence-electron chi connectivity index (χ1n) is 8.22. The first-order chi connectivity index (χ1) is 13.0. The van der Waals surface area contributed by atoms with E-state index in [0.29, 0.717) is 21.5 Å². The van der Waals surface area contributed by atoms with Gasteiger partial charge < -0.3 is 15.1 Å². The maximum absolute atomic E-state index is 12.7. The van der Waals surface area contributed by atoms with E-state index in [9.17, 15) is 9.59 Å². The summed E-state index contributed by atoms with van der Waals surface area (Å²) >= 11 is 3.35. The molecule has 0 aliphatic heterocycles. The van der Waals surface area contributed by atoms with Crippen LogP contribution in [-0.2, 0) is 4.79 Å². The summed E-state index contributed by atoms with van der Waals surface area (Å²) in [6, 6.07) is 17.8. The van der Waals surface area contributed by atoms with Gasteiger partial charge in [0.05, 0.1) is 11.8 Å². The zero-order chi connectivity index (χ0) is 19.2. The first-order valence-corrected chi connectivity index (χ1v) is 9.01. The molecule has 0 saturated heterocycles. The van der Waals surface area contributed by atoms with Crippen LogP contribution < -0.4 is 10.6 Å². The van der Waals surface area contributed by atoms with Crippen molar-refractivity contribution < 1.29 is 14.0 Å². The molecule has 0 radical (unpaired) electrons. The molecular formula is C21H17BrN2O3. The summed E-state index contributed by atoms with van der Waals surface area (Å²) in [5, 5.41) is 5.44. The maximum Gasteiger partial charge on any atom is 0.272 e. The number of rotatable bonds is 5. The number of carbonyl (C=O) groups is 2. The number of halogens is 1. The summed E-state index contributed by atoms with van der Waals surface area (Å²) < 4.78 is 5.91. The van der Waals surface area contributed by atoms with Crippen molar-refractivity contribution in [1.29, 1.82) is 0 Å². The highest BCUT2D eigenvalue weighted by atomic mass is 79.9. The van der Waals surface area contributed by atoms with Crippen LogP contribution >= 0.6 is 15.9 Å². The summed E-state index contributed by atoms with van der Waals surface area (Å²) in [5.74, 6) is -0.397. The number of furan rings is 1. The summed E-state index contributed by atoms with van der Waals surface area (Å²) in [6.07, 6.45) is 2.98. The molecule has 0 unspecified atom stereocenters. The molecule has 0 saturated carbocycles. The lowest BCUT2D eigenvalue weighted by Gasteiger charge is -2.11. The Morgan fingerprint density at radius 3 is 2.41 bits per heavy atom. The Labute approximate surface area is 165 Å². The molecule has 0 aliphatic carbocycles. The molecule has 5 nitrogen and oxygen atoms in total. The van der Waals surface area contributed by atoms with Gasteiger partial charge in [0.15, 0.2) is 0 Å². The van der Waals surface area contributed by atoms with Gasteiger partial charge in [0.1, 0.15) is 11.5 Å². The van der Waals surface area contributed by atoms with Gasteiger partial charge >= 0.3 is 0 Å². The van der Waals surface area contributed by atoms with Crippen LogP contribution in [0.1, 0.15) is 21.7 Å². The van der Waals surface area contributed by atoms with E-state index in [-0.39, 0.29) is 5.70 Å². The minimum Gasteiger partial charge on any atom is -0.465 e. The molecule has 3 aromatic rings. The molecule has 27 heavy (non-hydrogen) atoms. The van der Waals surface area contributed by atoms with Gasteiger partial charge in [-0.05, 0) is 59.3 Å². The highest BCUT2D eigenvalue weighted by Crippen LogP contribution is 2.17. The van der Waals surface area contributed by atoms with Crippen LogP contribution in [0, 0.1) is 6.92 Å². The topological polar surface area (TPSA) is 71.3 Å². The molecule has 0 atom stereocenters. The highest BCUT2D eigenvalue weighted by molar-refractivity contribution is 9.10. The van der Waals surface area contributed by atoms with Gasteiger partial charge in [-0.25, -0.2) is 0 Å². The smallest absolute Gasteiger partial charge is 0.272 e. The van der Waals surface area contributed by atoms with Gasteiger partial charge in [-0.1, -0.05) is 29.8 Å². The zero-order valence-electron chi connectivity index (χ0n) is 14.5. The van der Waals surface area contributed by atoms with Crippen LogP contribution in [0.15, 0.2) is 81.5 Å². The number of nitrogens with one attached hydrogen (secondary N) is 2. The Morgan fingerprint density at radius 2 is 1.74 bits per heavy atom. The minimum atomic E-state index is -0.448. The lowest BCUT2D eigenvalue weighted by Crippen LogP contribution is -2.30. The standard InChI is InChI=1S/C21H17BrN2O3/c1-14-8-10-15(11-9-14)23-21(26)19(13-16-5-4-12-27-16)24-20(25)17-6-2-3-7-18(17)22/h2-13H,1H3,(H,23,26)(H,24,25)/b19-13+. The van der Waals surface area contributed by atoms with Crippen LogP contribution in [0.3, 0.4) is 0 Å². The molecule has 1 heterocycles. The second-order valence-corrected chi connectivity index (χ2v) is 6.68. The summed E-state index contributed by atoms with van der Waals surface area (Å²) in [4.78, 5) is 25.3. The van der Waals surface area contributed by atoms with E-state index in [2.05, 4.69) is 26.6 Å². The van der Waals surface area contributed by atoms with E-state index in [1.54, 1.807) is 42.5 Å². The number of benzene rings is 2. The Kier molecular flexibility index (Phi) is 5.88. The van der Waals surface area contributed by atoms with Crippen LogP contribution in [-0.4, -0.2) is 11.8 Å². The van der Waals surface area contributed by atoms with E-state index < -0.39 is 11.8 Å². The van der Waals surface area contributed by atoms with E-state index in [4.69, 9.17) is 4.42 Å². The third-order valence-electron chi connectivity index (χ3n) is 3.75. The van der Waals surface area contributed by atoms with Crippen molar-refractivity contribution in [3.8, 4) is 0 Å². The normalized spacial score (nSPS) is 11.1. The summed E-state index contributed by atoms with van der Waals surface area (Å²) in [6.45, 7) is 1.96. The molecule has 6 heteroatoms. The van der Waals surface area contributed by atoms with Gasteiger partial charge in [0, 0.05) is 16.2 Å². The Balaban J connectivity index is 1.85. The second-order valence-electron chi connectivity index (χ2n) is 5.83. The molecular weight excluding hydrogens is 408 g/mol. The fraction of sp³-hybridized carbons (Fsp3) is 0.0476. The molecule has 2 aromatic carbocycles. The lowest BCUT2D eigenvalue weighted by atomic mass is 10.2. The fourth-order valence-corrected chi connectivity index (χ4v) is 2.81. The molecule has 2 N–H and O–H groups in total. The van der Waals surface area contributed by atoms with Gasteiger partial charge in [-0.15, -0.1) is 0 Å². The highest BCUT2D eigenvalue weighted by Gasteiger charge is 2.17. The van der Waals surface area contributed by atoms with Crippen LogP contribution in [0.25, 0.3) is 6.08 Å².